The van der Waals surface area contributed by atoms with Gasteiger partial charge in [-0.15, -0.1) is 0 Å². The highest BCUT2D eigenvalue weighted by Gasteiger charge is 2.29. The van der Waals surface area contributed by atoms with Crippen molar-refractivity contribution in [3.05, 3.63) is 75.3 Å². The number of phenols is 3. The molecule has 3 aromatic rings. The summed E-state index contributed by atoms with van der Waals surface area (Å²) in [5, 5.41) is 40.4. The molecule has 3 rings (SSSR count). The first-order valence-electron chi connectivity index (χ1n) is 15.6. The predicted octanol–water partition coefficient (Wildman–Crippen LogP) is 10.6. The third-order valence-electron chi connectivity index (χ3n) is 8.04. The van der Waals surface area contributed by atoms with Crippen molar-refractivity contribution in [2.24, 2.45) is 0 Å². The second-order valence-corrected chi connectivity index (χ2v) is 17.5. The smallest absolute Gasteiger partial charge is 0.310 e. The van der Waals surface area contributed by atoms with Gasteiger partial charge in [-0.25, -0.2) is 0 Å². The van der Waals surface area contributed by atoms with Gasteiger partial charge in [-0.05, 0) is 94.5 Å². The lowest BCUT2D eigenvalue weighted by Gasteiger charge is -2.28. The SMILES string of the molecule is CC(C(=O)O)c1cc(C(C)(C)C)c(O)c(C(C)(C)C)c1.Cc1cc(O)c(C(C)(C)C)cc1Sc1cc(C(C)(C)C)c(O)cc1C. The Balaban J connectivity index is 0.000000322. The van der Waals surface area contributed by atoms with Crippen LogP contribution in [0.1, 0.15) is 135 Å². The highest BCUT2D eigenvalue weighted by Crippen LogP contribution is 2.43. The maximum Gasteiger partial charge on any atom is 0.310 e. The van der Waals surface area contributed by atoms with Crippen LogP contribution in [0.5, 0.6) is 17.2 Å². The molecule has 0 saturated heterocycles. The Labute approximate surface area is 276 Å². The van der Waals surface area contributed by atoms with Gasteiger partial charge < -0.3 is 20.4 Å². The molecule has 0 radical (unpaired) electrons. The van der Waals surface area contributed by atoms with Crippen LogP contribution in [0.3, 0.4) is 0 Å². The van der Waals surface area contributed by atoms with Crippen LogP contribution in [-0.4, -0.2) is 26.4 Å². The summed E-state index contributed by atoms with van der Waals surface area (Å²) in [5.41, 5.74) is 5.64. The van der Waals surface area contributed by atoms with Gasteiger partial charge in [0.25, 0.3) is 0 Å². The van der Waals surface area contributed by atoms with Crippen LogP contribution in [0.25, 0.3) is 0 Å². The van der Waals surface area contributed by atoms with Gasteiger partial charge in [-0.3, -0.25) is 4.79 Å². The zero-order chi connectivity index (χ0) is 35.0. The predicted molar refractivity (Wildman–Crippen MR) is 189 cm³/mol. The summed E-state index contributed by atoms with van der Waals surface area (Å²) >= 11 is 1.70. The van der Waals surface area contributed by atoms with Crippen LogP contribution in [-0.2, 0) is 26.5 Å². The number of hydrogen-bond acceptors (Lipinski definition) is 5. The number of hydrogen-bond donors (Lipinski definition) is 4. The van der Waals surface area contributed by atoms with Gasteiger partial charge in [0.15, 0.2) is 0 Å². The van der Waals surface area contributed by atoms with Crippen LogP contribution in [0.2, 0.25) is 0 Å². The number of phenolic OH excluding ortho intramolecular Hbond substituents is 3. The molecule has 5 nitrogen and oxygen atoms in total. The minimum Gasteiger partial charge on any atom is -0.508 e. The highest BCUT2D eigenvalue weighted by molar-refractivity contribution is 7.99. The van der Waals surface area contributed by atoms with E-state index < -0.39 is 11.9 Å². The molecule has 1 unspecified atom stereocenters. The van der Waals surface area contributed by atoms with Crippen molar-refractivity contribution in [1.82, 2.24) is 0 Å². The molecule has 1 atom stereocenters. The zero-order valence-electron chi connectivity index (χ0n) is 30.1. The molecule has 0 bridgehead atoms. The maximum absolute atomic E-state index is 11.2. The second kappa shape index (κ2) is 13.3. The fraction of sp³-hybridized carbons (Fsp3) is 0.513. The van der Waals surface area contributed by atoms with Crippen molar-refractivity contribution in [2.75, 3.05) is 0 Å². The lowest BCUT2D eigenvalue weighted by Crippen LogP contribution is -2.19. The minimum atomic E-state index is -0.851. The first-order valence-corrected chi connectivity index (χ1v) is 16.4. The number of benzene rings is 3. The van der Waals surface area contributed by atoms with E-state index in [9.17, 15) is 25.2 Å². The summed E-state index contributed by atoms with van der Waals surface area (Å²) in [6, 6.07) is 11.5. The fourth-order valence-electron chi connectivity index (χ4n) is 5.08. The number of aromatic hydroxyl groups is 3. The van der Waals surface area contributed by atoms with Crippen molar-refractivity contribution in [2.45, 2.75) is 141 Å². The number of carboxylic acid groups (broad SMARTS) is 1. The summed E-state index contributed by atoms with van der Waals surface area (Å²) in [6.07, 6.45) is 0. The van der Waals surface area contributed by atoms with Gasteiger partial charge in [-0.2, -0.15) is 0 Å². The largest absolute Gasteiger partial charge is 0.508 e. The van der Waals surface area contributed by atoms with Crippen molar-refractivity contribution < 1.29 is 25.2 Å². The molecule has 248 valence electrons. The molecule has 0 fully saturated rings. The van der Waals surface area contributed by atoms with E-state index in [-0.39, 0.29) is 27.4 Å². The van der Waals surface area contributed by atoms with Crippen molar-refractivity contribution in [3.8, 4) is 17.2 Å². The number of carbonyl (C=O) groups is 1. The van der Waals surface area contributed by atoms with Crippen molar-refractivity contribution in [1.29, 1.82) is 0 Å². The fourth-order valence-corrected chi connectivity index (χ4v) is 6.11. The quantitative estimate of drug-likeness (QED) is 0.227. The van der Waals surface area contributed by atoms with Crippen LogP contribution in [0.4, 0.5) is 0 Å². The summed E-state index contributed by atoms with van der Waals surface area (Å²) < 4.78 is 0. The molecule has 0 aliphatic heterocycles. The maximum atomic E-state index is 11.2. The van der Waals surface area contributed by atoms with Crippen LogP contribution in [0.15, 0.2) is 46.2 Å². The van der Waals surface area contributed by atoms with E-state index in [0.29, 0.717) is 11.5 Å². The number of aryl methyl sites for hydroxylation is 2. The summed E-state index contributed by atoms with van der Waals surface area (Å²) in [6.45, 7) is 30.5. The van der Waals surface area contributed by atoms with E-state index >= 15 is 0 Å². The molecule has 0 heterocycles. The molecule has 0 amide bonds. The zero-order valence-corrected chi connectivity index (χ0v) is 31.0. The minimum absolute atomic E-state index is 0.117. The first kappa shape index (κ1) is 38.1. The first-order chi connectivity index (χ1) is 20.2. The monoisotopic (exact) mass is 636 g/mol. The van der Waals surface area contributed by atoms with E-state index in [1.165, 1.54) is 0 Å². The van der Waals surface area contributed by atoms with Crippen molar-refractivity contribution >= 4 is 17.7 Å². The number of carboxylic acids is 1. The molecular weight excluding hydrogens is 580 g/mol. The van der Waals surface area contributed by atoms with Gasteiger partial charge in [0, 0.05) is 20.9 Å². The average Bonchev–Trinajstić information content (AvgIpc) is 2.84. The summed E-state index contributed by atoms with van der Waals surface area (Å²) in [5.74, 6) is -0.445. The van der Waals surface area contributed by atoms with Gasteiger partial charge in [-0.1, -0.05) is 107 Å². The average molecular weight is 637 g/mol. The van der Waals surface area contributed by atoms with Crippen LogP contribution < -0.4 is 0 Å². The third kappa shape index (κ3) is 9.45. The Bertz CT molecular complexity index is 1440. The van der Waals surface area contributed by atoms with E-state index in [1.54, 1.807) is 18.7 Å². The highest BCUT2D eigenvalue weighted by atomic mass is 32.2. The van der Waals surface area contributed by atoms with E-state index in [1.807, 2.05) is 79.7 Å². The van der Waals surface area contributed by atoms with Crippen LogP contribution in [0, 0.1) is 13.8 Å². The van der Waals surface area contributed by atoms with E-state index in [4.69, 9.17) is 0 Å². The van der Waals surface area contributed by atoms with E-state index in [2.05, 4.69) is 53.7 Å². The van der Waals surface area contributed by atoms with E-state index in [0.717, 1.165) is 48.7 Å². The molecule has 4 N–H and O–H groups in total. The Morgan fingerprint density at radius 3 is 1.16 bits per heavy atom. The molecule has 0 spiro atoms. The molecule has 45 heavy (non-hydrogen) atoms. The van der Waals surface area contributed by atoms with Gasteiger partial charge >= 0.3 is 5.97 Å². The molecule has 6 heteroatoms. The number of rotatable bonds is 4. The van der Waals surface area contributed by atoms with Crippen molar-refractivity contribution in [3.63, 3.8) is 0 Å². The standard InChI is InChI=1S/C22H30O2S.C17H26O3/c1-13-9-17(23)15(21(3,4)5)11-19(13)25-20-12-16(22(6,7)8)18(24)10-14(20)2;1-10(15(19)20)11-8-12(16(2,3)4)14(18)13(9-11)17(5,6)7/h9-12,23-24H,1-8H3;8-10,18H,1-7H3,(H,19,20). The van der Waals surface area contributed by atoms with Gasteiger partial charge in [0.2, 0.25) is 0 Å². The third-order valence-corrected chi connectivity index (χ3v) is 9.36. The lowest BCUT2D eigenvalue weighted by molar-refractivity contribution is -0.138. The molecule has 0 aliphatic carbocycles. The Morgan fingerprint density at radius 1 is 0.578 bits per heavy atom. The van der Waals surface area contributed by atoms with Crippen LogP contribution >= 0.6 is 11.8 Å². The molecule has 0 aliphatic rings. The lowest BCUT2D eigenvalue weighted by atomic mass is 9.77. The second-order valence-electron chi connectivity index (χ2n) is 16.4. The summed E-state index contributed by atoms with van der Waals surface area (Å²) in [4.78, 5) is 13.5. The number of aliphatic carboxylic acids is 1. The molecule has 3 aromatic carbocycles. The normalized spacial score (nSPS) is 13.2. The Morgan fingerprint density at radius 2 is 0.889 bits per heavy atom. The Hall–Kier alpha value is -3.12. The van der Waals surface area contributed by atoms with Gasteiger partial charge in [0.05, 0.1) is 5.92 Å². The summed E-state index contributed by atoms with van der Waals surface area (Å²) in [7, 11) is 0. The van der Waals surface area contributed by atoms with Gasteiger partial charge in [0.1, 0.15) is 17.2 Å². The topological polar surface area (TPSA) is 98.0 Å². The Kier molecular flexibility index (Phi) is 11.3. The molecule has 0 aromatic heterocycles. The molecule has 0 saturated carbocycles. The molecular formula is C39H56O5S.